The van der Waals surface area contributed by atoms with Gasteiger partial charge in [-0.2, -0.15) is 0 Å². The molecule has 48 heavy (non-hydrogen) atoms. The number of hydrogen-bond donors (Lipinski definition) is 1. The molecule has 0 amide bonds. The van der Waals surface area contributed by atoms with Crippen molar-refractivity contribution in [3.8, 4) is 11.5 Å². The van der Waals surface area contributed by atoms with Crippen LogP contribution in [0.2, 0.25) is 0 Å². The SMILES string of the molecule is CCc1cc(C)cc(CC)c1CC1CCC1C(=O)CN1C[C@H](c2cc(C)c3c(c2)OCO3)[C@@H](C(=O)O)[C@@H]1c1ccc(N2CCCC2)cc1. The van der Waals surface area contributed by atoms with Crippen molar-refractivity contribution in [3.05, 3.63) is 87.5 Å². The van der Waals surface area contributed by atoms with Crippen molar-refractivity contribution in [1.29, 1.82) is 0 Å². The van der Waals surface area contributed by atoms with Gasteiger partial charge in [-0.25, -0.2) is 0 Å². The maximum atomic E-state index is 14.2. The van der Waals surface area contributed by atoms with Crippen molar-refractivity contribution in [2.75, 3.05) is 37.9 Å². The molecule has 2 unspecified atom stereocenters. The number of carbonyl (C=O) groups is 2. The maximum absolute atomic E-state index is 14.2. The highest BCUT2D eigenvalue weighted by atomic mass is 16.7. The van der Waals surface area contributed by atoms with Crippen LogP contribution in [0.4, 0.5) is 5.69 Å². The van der Waals surface area contributed by atoms with Gasteiger partial charge in [0, 0.05) is 43.2 Å². The average molecular weight is 651 g/mol. The fourth-order valence-corrected chi connectivity index (χ4v) is 9.09. The largest absolute Gasteiger partial charge is 0.481 e. The van der Waals surface area contributed by atoms with Crippen LogP contribution in [0.15, 0.2) is 48.5 Å². The number of carboxylic acid groups (broad SMARTS) is 1. The highest BCUT2D eigenvalue weighted by Crippen LogP contribution is 2.49. The molecule has 5 atom stereocenters. The van der Waals surface area contributed by atoms with Gasteiger partial charge in [0.2, 0.25) is 6.79 Å². The predicted molar refractivity (Wildman–Crippen MR) is 188 cm³/mol. The number of nitrogens with zero attached hydrogens (tertiary/aromatic N) is 2. The second kappa shape index (κ2) is 13.6. The first kappa shape index (κ1) is 32.7. The van der Waals surface area contributed by atoms with E-state index in [9.17, 15) is 14.7 Å². The number of rotatable bonds is 11. The summed E-state index contributed by atoms with van der Waals surface area (Å²) in [5, 5.41) is 10.8. The van der Waals surface area contributed by atoms with Gasteiger partial charge in [0.15, 0.2) is 11.5 Å². The summed E-state index contributed by atoms with van der Waals surface area (Å²) in [5.74, 6) is 0.148. The van der Waals surface area contributed by atoms with Crippen LogP contribution in [0.3, 0.4) is 0 Å². The lowest BCUT2D eigenvalue weighted by Crippen LogP contribution is -2.41. The van der Waals surface area contributed by atoms with Gasteiger partial charge in [-0.05, 0) is 116 Å². The molecule has 0 bridgehead atoms. The number of aliphatic carboxylic acids is 1. The van der Waals surface area contributed by atoms with E-state index in [0.29, 0.717) is 18.2 Å². The number of benzene rings is 3. The lowest BCUT2D eigenvalue weighted by molar-refractivity contribution is -0.143. The lowest BCUT2D eigenvalue weighted by Gasteiger charge is -2.38. The Bertz CT molecular complexity index is 1650. The van der Waals surface area contributed by atoms with Crippen molar-refractivity contribution < 1.29 is 24.2 Å². The third kappa shape index (κ3) is 6.11. The minimum Gasteiger partial charge on any atom is -0.481 e. The second-order valence-corrected chi connectivity index (χ2v) is 14.6. The van der Waals surface area contributed by atoms with Crippen LogP contribution in [-0.2, 0) is 28.9 Å². The molecule has 1 saturated carbocycles. The smallest absolute Gasteiger partial charge is 0.309 e. The number of likely N-dealkylation sites (tertiary alicyclic amines) is 1. The number of Topliss-reactive ketones (excluding diaryl/α,β-unsaturated/α-hetero) is 1. The van der Waals surface area contributed by atoms with Crippen molar-refractivity contribution >= 4 is 17.4 Å². The van der Waals surface area contributed by atoms with Crippen LogP contribution in [0, 0.1) is 31.6 Å². The Morgan fingerprint density at radius 2 is 1.60 bits per heavy atom. The maximum Gasteiger partial charge on any atom is 0.309 e. The van der Waals surface area contributed by atoms with E-state index >= 15 is 0 Å². The Morgan fingerprint density at radius 3 is 2.23 bits per heavy atom. The van der Waals surface area contributed by atoms with Crippen LogP contribution in [-0.4, -0.2) is 54.7 Å². The van der Waals surface area contributed by atoms with E-state index in [-0.39, 0.29) is 31.0 Å². The van der Waals surface area contributed by atoms with Gasteiger partial charge >= 0.3 is 5.97 Å². The Hall–Kier alpha value is -3.84. The fourth-order valence-electron chi connectivity index (χ4n) is 9.09. The van der Waals surface area contributed by atoms with E-state index in [1.165, 1.54) is 40.8 Å². The standard InChI is InChI=1S/C41H50N2O5/c1-5-27-17-25(3)18-28(6-2)34(27)20-30-11-14-33(30)36(44)23-43-22-35(31-19-26(4)40-37(21-31)47-24-48-40)38(41(45)46)39(43)29-9-12-32(13-10-29)42-15-7-8-16-42/h9-10,12-13,17-19,21,30,33,35,38-39H,5-8,11,14-16,20,22-24H2,1-4H3,(H,45,46)/t30?,33?,35-,38-,39+/m1/s1. The first-order valence-electron chi connectivity index (χ1n) is 18.1. The van der Waals surface area contributed by atoms with Crippen LogP contribution < -0.4 is 14.4 Å². The summed E-state index contributed by atoms with van der Waals surface area (Å²) < 4.78 is 11.4. The first-order chi connectivity index (χ1) is 23.2. The number of anilines is 1. The molecule has 3 aromatic carbocycles. The van der Waals surface area contributed by atoms with E-state index in [1.807, 2.05) is 19.1 Å². The molecular weight excluding hydrogens is 600 g/mol. The van der Waals surface area contributed by atoms with Gasteiger partial charge in [-0.1, -0.05) is 49.7 Å². The number of carbonyl (C=O) groups excluding carboxylic acids is 1. The Balaban J connectivity index is 1.18. The van der Waals surface area contributed by atoms with E-state index in [2.05, 4.69) is 67.0 Å². The third-order valence-corrected chi connectivity index (χ3v) is 11.7. The molecule has 3 aliphatic heterocycles. The summed E-state index contributed by atoms with van der Waals surface area (Å²) in [6.45, 7) is 11.6. The summed E-state index contributed by atoms with van der Waals surface area (Å²) >= 11 is 0. The molecule has 7 nitrogen and oxygen atoms in total. The molecule has 4 aliphatic rings. The number of carboxylic acids is 1. The van der Waals surface area contributed by atoms with Gasteiger partial charge in [0.05, 0.1) is 12.5 Å². The molecule has 3 aromatic rings. The molecular formula is C41H50N2O5. The van der Waals surface area contributed by atoms with Gasteiger partial charge in [0.1, 0.15) is 5.78 Å². The monoisotopic (exact) mass is 650 g/mol. The molecule has 254 valence electrons. The van der Waals surface area contributed by atoms with Crippen LogP contribution >= 0.6 is 0 Å². The minimum absolute atomic E-state index is 0.00836. The Kier molecular flexibility index (Phi) is 9.25. The van der Waals surface area contributed by atoms with Gasteiger partial charge in [-0.3, -0.25) is 14.5 Å². The fraction of sp³-hybridized carbons (Fsp3) is 0.512. The zero-order valence-electron chi connectivity index (χ0n) is 29.0. The molecule has 3 fully saturated rings. The van der Waals surface area contributed by atoms with Crippen LogP contribution in [0.5, 0.6) is 11.5 Å². The molecule has 7 heteroatoms. The highest BCUT2D eigenvalue weighted by Gasteiger charge is 2.49. The van der Waals surface area contributed by atoms with Gasteiger partial charge in [-0.15, -0.1) is 0 Å². The van der Waals surface area contributed by atoms with E-state index in [4.69, 9.17) is 9.47 Å². The van der Waals surface area contributed by atoms with Crippen molar-refractivity contribution in [3.63, 3.8) is 0 Å². The van der Waals surface area contributed by atoms with E-state index in [1.54, 1.807) is 0 Å². The summed E-state index contributed by atoms with van der Waals surface area (Å²) in [6.07, 6.45) is 7.31. The topological polar surface area (TPSA) is 79.3 Å². The minimum atomic E-state index is -0.834. The predicted octanol–water partition coefficient (Wildman–Crippen LogP) is 7.44. The number of ether oxygens (including phenoxy) is 2. The first-order valence-corrected chi connectivity index (χ1v) is 18.1. The van der Waals surface area contributed by atoms with E-state index in [0.717, 1.165) is 67.6 Å². The highest BCUT2D eigenvalue weighted by molar-refractivity contribution is 5.84. The van der Waals surface area contributed by atoms with Gasteiger partial charge in [0.25, 0.3) is 0 Å². The molecule has 7 rings (SSSR count). The summed E-state index contributed by atoms with van der Waals surface area (Å²) in [5.41, 5.74) is 9.58. The van der Waals surface area contributed by atoms with Crippen molar-refractivity contribution in [2.45, 2.75) is 84.6 Å². The van der Waals surface area contributed by atoms with Gasteiger partial charge < -0.3 is 19.5 Å². The lowest BCUT2D eigenvalue weighted by atomic mass is 9.67. The quantitative estimate of drug-likeness (QED) is 0.231. The van der Waals surface area contributed by atoms with Crippen molar-refractivity contribution in [1.82, 2.24) is 4.90 Å². The number of fused-ring (bicyclic) bond motifs is 1. The van der Waals surface area contributed by atoms with Crippen LogP contribution in [0.25, 0.3) is 0 Å². The summed E-state index contributed by atoms with van der Waals surface area (Å²) in [4.78, 5) is 32.0. The molecule has 1 aliphatic carbocycles. The van der Waals surface area contributed by atoms with E-state index < -0.39 is 17.9 Å². The third-order valence-electron chi connectivity index (χ3n) is 11.7. The number of aryl methyl sites for hydroxylation is 4. The molecule has 3 heterocycles. The second-order valence-electron chi connectivity index (χ2n) is 14.6. The molecule has 2 saturated heterocycles. The van der Waals surface area contributed by atoms with Crippen molar-refractivity contribution in [2.24, 2.45) is 17.8 Å². The Labute approximate surface area is 285 Å². The Morgan fingerprint density at radius 1 is 0.896 bits per heavy atom. The molecule has 0 radical (unpaired) electrons. The average Bonchev–Trinajstić information content (AvgIpc) is 3.84. The number of hydrogen-bond acceptors (Lipinski definition) is 6. The summed E-state index contributed by atoms with van der Waals surface area (Å²) in [6, 6.07) is 16.7. The number of ketones is 1. The normalized spacial score (nSPS) is 25.0. The zero-order chi connectivity index (χ0) is 33.5. The zero-order valence-corrected chi connectivity index (χ0v) is 29.0. The molecule has 1 N–H and O–H groups in total. The summed E-state index contributed by atoms with van der Waals surface area (Å²) in [7, 11) is 0. The van der Waals surface area contributed by atoms with Crippen LogP contribution in [0.1, 0.15) is 90.4 Å². The molecule has 0 spiro atoms. The molecule has 0 aromatic heterocycles.